The predicted octanol–water partition coefficient (Wildman–Crippen LogP) is 1.51. The molecule has 0 aromatic heterocycles. The Balaban J connectivity index is 2.85. The van der Waals surface area contributed by atoms with Crippen LogP contribution in [-0.2, 0) is 15.8 Å². The van der Waals surface area contributed by atoms with Gasteiger partial charge < -0.3 is 5.73 Å². The Bertz CT molecular complexity index is 486. The standard InChI is InChI=1S/C12H18N2O2S2/c1-2-8-14(9-12(13)17)18(15,16)10-11-6-4-3-5-7-11/h3-7H,2,8-10H2,1H3,(H2,13,17). The number of benzene rings is 1. The van der Waals surface area contributed by atoms with Gasteiger partial charge in [0.15, 0.2) is 0 Å². The molecule has 1 aromatic rings. The summed E-state index contributed by atoms with van der Waals surface area (Å²) in [7, 11) is -3.37. The van der Waals surface area contributed by atoms with Gasteiger partial charge in [0.25, 0.3) is 0 Å². The summed E-state index contributed by atoms with van der Waals surface area (Å²) in [6, 6.07) is 9.09. The quantitative estimate of drug-likeness (QED) is 0.772. The number of rotatable bonds is 7. The summed E-state index contributed by atoms with van der Waals surface area (Å²) in [4.78, 5) is 0.195. The first-order valence-corrected chi connectivity index (χ1v) is 7.77. The van der Waals surface area contributed by atoms with Crippen molar-refractivity contribution >= 4 is 27.2 Å². The summed E-state index contributed by atoms with van der Waals surface area (Å²) in [6.07, 6.45) is 0.733. The van der Waals surface area contributed by atoms with E-state index in [4.69, 9.17) is 18.0 Å². The van der Waals surface area contributed by atoms with Crippen LogP contribution in [0.2, 0.25) is 0 Å². The maximum Gasteiger partial charge on any atom is 0.218 e. The number of thiocarbonyl (C=S) groups is 1. The molecule has 4 nitrogen and oxygen atoms in total. The maximum absolute atomic E-state index is 12.2. The highest BCUT2D eigenvalue weighted by atomic mass is 32.2. The van der Waals surface area contributed by atoms with Crippen LogP contribution in [0.25, 0.3) is 0 Å². The lowest BCUT2D eigenvalue weighted by molar-refractivity contribution is 0.449. The molecule has 0 aliphatic heterocycles. The summed E-state index contributed by atoms with van der Waals surface area (Å²) in [6.45, 7) is 2.47. The summed E-state index contributed by atoms with van der Waals surface area (Å²) in [5, 5.41) is 0. The van der Waals surface area contributed by atoms with E-state index in [1.54, 1.807) is 12.1 Å². The molecule has 0 saturated heterocycles. The van der Waals surface area contributed by atoms with Crippen molar-refractivity contribution < 1.29 is 8.42 Å². The summed E-state index contributed by atoms with van der Waals surface area (Å²) in [5.41, 5.74) is 6.20. The van der Waals surface area contributed by atoms with E-state index in [0.29, 0.717) is 6.54 Å². The van der Waals surface area contributed by atoms with Crippen LogP contribution < -0.4 is 5.73 Å². The van der Waals surface area contributed by atoms with Gasteiger partial charge >= 0.3 is 0 Å². The summed E-state index contributed by atoms with van der Waals surface area (Å²) < 4.78 is 25.8. The van der Waals surface area contributed by atoms with Crippen LogP contribution in [0.5, 0.6) is 0 Å². The second kappa shape index (κ2) is 6.82. The van der Waals surface area contributed by atoms with Crippen molar-refractivity contribution in [2.75, 3.05) is 13.1 Å². The highest BCUT2D eigenvalue weighted by Gasteiger charge is 2.22. The normalized spacial score (nSPS) is 11.7. The van der Waals surface area contributed by atoms with E-state index in [9.17, 15) is 8.42 Å². The van der Waals surface area contributed by atoms with Gasteiger partial charge in [-0.1, -0.05) is 49.5 Å². The lowest BCUT2D eigenvalue weighted by Gasteiger charge is -2.20. The second-order valence-electron chi connectivity index (χ2n) is 4.04. The van der Waals surface area contributed by atoms with Crippen molar-refractivity contribution in [2.24, 2.45) is 5.73 Å². The van der Waals surface area contributed by atoms with E-state index in [1.165, 1.54) is 4.31 Å². The molecule has 2 N–H and O–H groups in total. The Morgan fingerprint density at radius 1 is 1.33 bits per heavy atom. The molecular weight excluding hydrogens is 268 g/mol. The zero-order chi connectivity index (χ0) is 13.6. The van der Waals surface area contributed by atoms with Gasteiger partial charge in [-0.05, 0) is 12.0 Å². The van der Waals surface area contributed by atoms with Gasteiger partial charge in [-0.2, -0.15) is 4.31 Å². The first-order chi connectivity index (χ1) is 8.45. The van der Waals surface area contributed by atoms with Crippen LogP contribution in [0.3, 0.4) is 0 Å². The van der Waals surface area contributed by atoms with Gasteiger partial charge in [0.05, 0.1) is 17.3 Å². The van der Waals surface area contributed by atoms with Gasteiger partial charge in [-0.15, -0.1) is 0 Å². The molecule has 0 radical (unpaired) electrons. The predicted molar refractivity (Wildman–Crippen MR) is 77.7 cm³/mol. The second-order valence-corrected chi connectivity index (χ2v) is 6.53. The molecule has 0 aliphatic rings. The molecular formula is C12H18N2O2S2. The fourth-order valence-corrected chi connectivity index (χ4v) is 3.45. The zero-order valence-electron chi connectivity index (χ0n) is 10.4. The lowest BCUT2D eigenvalue weighted by atomic mass is 10.2. The average Bonchev–Trinajstić information content (AvgIpc) is 2.28. The minimum absolute atomic E-state index is 0.0174. The van der Waals surface area contributed by atoms with Crippen molar-refractivity contribution in [1.29, 1.82) is 0 Å². The molecule has 100 valence electrons. The number of sulfonamides is 1. The molecule has 18 heavy (non-hydrogen) atoms. The molecule has 0 amide bonds. The third kappa shape index (κ3) is 4.72. The molecule has 1 aromatic carbocycles. The summed E-state index contributed by atoms with van der Waals surface area (Å²) in [5.74, 6) is -0.0174. The zero-order valence-corrected chi connectivity index (χ0v) is 12.0. The smallest absolute Gasteiger partial charge is 0.218 e. The Labute approximate surface area is 114 Å². The SMILES string of the molecule is CCCN(CC(N)=S)S(=O)(=O)Cc1ccccc1. The van der Waals surface area contributed by atoms with Crippen molar-refractivity contribution in [3.05, 3.63) is 35.9 Å². The minimum Gasteiger partial charge on any atom is -0.392 e. The molecule has 0 aliphatic carbocycles. The van der Waals surface area contributed by atoms with Crippen molar-refractivity contribution in [3.63, 3.8) is 0 Å². The number of hydrogen-bond donors (Lipinski definition) is 1. The van der Waals surface area contributed by atoms with E-state index < -0.39 is 10.0 Å². The van der Waals surface area contributed by atoms with Crippen molar-refractivity contribution in [3.8, 4) is 0 Å². The number of nitrogens with zero attached hydrogens (tertiary/aromatic N) is 1. The Morgan fingerprint density at radius 2 is 1.94 bits per heavy atom. The van der Waals surface area contributed by atoms with Gasteiger partial charge in [0.1, 0.15) is 0 Å². The van der Waals surface area contributed by atoms with Crippen LogP contribution in [0.1, 0.15) is 18.9 Å². The molecule has 0 heterocycles. The van der Waals surface area contributed by atoms with Crippen LogP contribution in [0, 0.1) is 0 Å². The highest BCUT2D eigenvalue weighted by Crippen LogP contribution is 2.11. The number of nitrogens with two attached hydrogens (primary N) is 1. The molecule has 0 spiro atoms. The molecule has 6 heteroatoms. The van der Waals surface area contributed by atoms with Crippen LogP contribution in [-0.4, -0.2) is 30.8 Å². The fourth-order valence-electron chi connectivity index (χ4n) is 1.62. The number of hydrogen-bond acceptors (Lipinski definition) is 3. The van der Waals surface area contributed by atoms with Crippen molar-refractivity contribution in [2.45, 2.75) is 19.1 Å². The van der Waals surface area contributed by atoms with Crippen LogP contribution >= 0.6 is 12.2 Å². The van der Waals surface area contributed by atoms with Gasteiger partial charge in [-0.25, -0.2) is 8.42 Å². The van der Waals surface area contributed by atoms with Crippen LogP contribution in [0.4, 0.5) is 0 Å². The van der Waals surface area contributed by atoms with E-state index in [2.05, 4.69) is 0 Å². The average molecular weight is 286 g/mol. The Morgan fingerprint density at radius 3 is 2.44 bits per heavy atom. The fraction of sp³-hybridized carbons (Fsp3) is 0.417. The molecule has 0 saturated carbocycles. The van der Waals surface area contributed by atoms with Gasteiger partial charge in [0, 0.05) is 6.54 Å². The van der Waals surface area contributed by atoms with Crippen molar-refractivity contribution in [1.82, 2.24) is 4.31 Å². The minimum atomic E-state index is -3.37. The monoisotopic (exact) mass is 286 g/mol. The largest absolute Gasteiger partial charge is 0.392 e. The molecule has 0 fully saturated rings. The summed E-state index contributed by atoms with van der Waals surface area (Å²) >= 11 is 4.79. The molecule has 0 bridgehead atoms. The van der Waals surface area contributed by atoms with E-state index in [-0.39, 0.29) is 17.3 Å². The third-order valence-electron chi connectivity index (χ3n) is 2.39. The maximum atomic E-state index is 12.2. The van der Waals surface area contributed by atoms with E-state index >= 15 is 0 Å². The highest BCUT2D eigenvalue weighted by molar-refractivity contribution is 7.88. The van der Waals surface area contributed by atoms with Crippen LogP contribution in [0.15, 0.2) is 30.3 Å². The molecule has 1 rings (SSSR count). The topological polar surface area (TPSA) is 63.4 Å². The van der Waals surface area contributed by atoms with E-state index in [1.807, 2.05) is 25.1 Å². The first kappa shape index (κ1) is 15.1. The Kier molecular flexibility index (Phi) is 5.71. The lowest BCUT2D eigenvalue weighted by Crippen LogP contribution is -2.38. The first-order valence-electron chi connectivity index (χ1n) is 5.75. The molecule has 0 atom stereocenters. The Hall–Kier alpha value is -0.980. The third-order valence-corrected chi connectivity index (χ3v) is 4.32. The van der Waals surface area contributed by atoms with Gasteiger partial charge in [-0.3, -0.25) is 0 Å². The molecule has 0 unspecified atom stereocenters. The van der Waals surface area contributed by atoms with E-state index in [0.717, 1.165) is 12.0 Å². The van der Waals surface area contributed by atoms with Gasteiger partial charge in [0.2, 0.25) is 10.0 Å².